The van der Waals surface area contributed by atoms with Gasteiger partial charge in [-0.3, -0.25) is 14.2 Å². The van der Waals surface area contributed by atoms with Gasteiger partial charge in [0.25, 0.3) is 11.5 Å². The zero-order valence-electron chi connectivity index (χ0n) is 14.6. The van der Waals surface area contributed by atoms with Crippen molar-refractivity contribution in [3.05, 3.63) is 94.7 Å². The van der Waals surface area contributed by atoms with Crippen molar-refractivity contribution in [2.75, 3.05) is 5.32 Å². The van der Waals surface area contributed by atoms with Crippen LogP contribution in [0.1, 0.15) is 15.9 Å². The predicted octanol–water partition coefficient (Wildman–Crippen LogP) is 3.34. The fourth-order valence-electron chi connectivity index (χ4n) is 2.82. The van der Waals surface area contributed by atoms with Crippen LogP contribution in [-0.2, 0) is 0 Å². The van der Waals surface area contributed by atoms with Crippen LogP contribution < -0.4 is 10.9 Å². The Bertz CT molecular complexity index is 1200. The molecule has 2 aromatic heterocycles. The molecule has 0 atom stereocenters. The van der Waals surface area contributed by atoms with E-state index in [1.165, 1.54) is 10.9 Å². The molecule has 0 aliphatic heterocycles. The summed E-state index contributed by atoms with van der Waals surface area (Å²) in [5.74, 6) is 0.239. The van der Waals surface area contributed by atoms with Gasteiger partial charge in [-0.05, 0) is 61.0 Å². The van der Waals surface area contributed by atoms with Crippen molar-refractivity contribution in [2.45, 2.75) is 6.92 Å². The normalized spacial score (nSPS) is 10.7. The lowest BCUT2D eigenvalue weighted by atomic mass is 10.2. The first-order chi connectivity index (χ1) is 13.1. The molecule has 0 unspecified atom stereocenters. The van der Waals surface area contributed by atoms with E-state index in [2.05, 4.69) is 15.3 Å². The summed E-state index contributed by atoms with van der Waals surface area (Å²) in [6.07, 6.45) is 3.14. The number of amides is 1. The zero-order chi connectivity index (χ0) is 18.8. The summed E-state index contributed by atoms with van der Waals surface area (Å²) in [6.45, 7) is 1.93. The van der Waals surface area contributed by atoms with E-state index in [0.29, 0.717) is 28.0 Å². The van der Waals surface area contributed by atoms with Gasteiger partial charge in [0.1, 0.15) is 12.1 Å². The standard InChI is InChI=1S/C21H16N4O2/c1-14-10-11-22-19(12-14)24-20(26)15-6-8-16(9-7-15)25-13-23-18-5-3-2-4-17(18)21(25)27/h2-13H,1H3,(H,22,24,26). The van der Waals surface area contributed by atoms with Crippen LogP contribution in [0.2, 0.25) is 0 Å². The van der Waals surface area contributed by atoms with Crippen LogP contribution in [0.15, 0.2) is 78.0 Å². The summed E-state index contributed by atoms with van der Waals surface area (Å²) < 4.78 is 1.46. The minimum absolute atomic E-state index is 0.151. The summed E-state index contributed by atoms with van der Waals surface area (Å²) in [4.78, 5) is 33.5. The molecule has 6 heteroatoms. The smallest absolute Gasteiger partial charge is 0.265 e. The van der Waals surface area contributed by atoms with Gasteiger partial charge in [-0.15, -0.1) is 0 Å². The molecule has 0 fully saturated rings. The maximum atomic E-state index is 12.7. The molecule has 132 valence electrons. The molecule has 4 rings (SSSR count). The molecular formula is C21H16N4O2. The van der Waals surface area contributed by atoms with Crippen molar-refractivity contribution in [3.63, 3.8) is 0 Å². The monoisotopic (exact) mass is 356 g/mol. The van der Waals surface area contributed by atoms with Crippen LogP contribution in [0.25, 0.3) is 16.6 Å². The third-order valence-electron chi connectivity index (χ3n) is 4.23. The number of hydrogen-bond donors (Lipinski definition) is 1. The lowest BCUT2D eigenvalue weighted by Gasteiger charge is -2.08. The minimum Gasteiger partial charge on any atom is -0.307 e. The van der Waals surface area contributed by atoms with Crippen molar-refractivity contribution in [3.8, 4) is 5.69 Å². The topological polar surface area (TPSA) is 76.9 Å². The third-order valence-corrected chi connectivity index (χ3v) is 4.23. The Morgan fingerprint density at radius 1 is 1.00 bits per heavy atom. The fourth-order valence-corrected chi connectivity index (χ4v) is 2.82. The van der Waals surface area contributed by atoms with Crippen LogP contribution in [0, 0.1) is 6.92 Å². The molecule has 0 aliphatic carbocycles. The number of nitrogens with one attached hydrogen (secondary N) is 1. The molecule has 6 nitrogen and oxygen atoms in total. The van der Waals surface area contributed by atoms with E-state index < -0.39 is 0 Å². The summed E-state index contributed by atoms with van der Waals surface area (Å²) in [6, 6.07) is 17.6. The molecule has 0 bridgehead atoms. The van der Waals surface area contributed by atoms with Crippen molar-refractivity contribution >= 4 is 22.6 Å². The number of benzene rings is 2. The van der Waals surface area contributed by atoms with Gasteiger partial charge in [0.15, 0.2) is 0 Å². The maximum Gasteiger partial charge on any atom is 0.265 e. The number of para-hydroxylation sites is 1. The second kappa shape index (κ2) is 6.84. The Kier molecular flexibility index (Phi) is 4.22. The number of fused-ring (bicyclic) bond motifs is 1. The van der Waals surface area contributed by atoms with E-state index in [1.807, 2.05) is 25.1 Å². The van der Waals surface area contributed by atoms with Gasteiger partial charge < -0.3 is 5.32 Å². The van der Waals surface area contributed by atoms with E-state index in [-0.39, 0.29) is 11.5 Å². The summed E-state index contributed by atoms with van der Waals surface area (Å²) in [5.41, 5.74) is 2.63. The number of aromatic nitrogens is 3. The summed E-state index contributed by atoms with van der Waals surface area (Å²) in [5, 5.41) is 3.31. The van der Waals surface area contributed by atoms with E-state index in [0.717, 1.165) is 5.56 Å². The first kappa shape index (κ1) is 16.7. The first-order valence-corrected chi connectivity index (χ1v) is 8.43. The Hall–Kier alpha value is -3.80. The third kappa shape index (κ3) is 3.32. The van der Waals surface area contributed by atoms with Crippen molar-refractivity contribution in [1.82, 2.24) is 14.5 Å². The average molecular weight is 356 g/mol. The van der Waals surface area contributed by atoms with E-state index in [9.17, 15) is 9.59 Å². The summed E-state index contributed by atoms with van der Waals surface area (Å²) in [7, 11) is 0. The van der Waals surface area contributed by atoms with E-state index in [1.54, 1.807) is 48.7 Å². The Balaban J connectivity index is 1.62. The Morgan fingerprint density at radius 2 is 1.78 bits per heavy atom. The molecule has 4 aromatic rings. The number of pyridine rings is 1. The largest absolute Gasteiger partial charge is 0.307 e. The molecule has 0 saturated heterocycles. The number of carbonyl (C=O) groups excluding carboxylic acids is 1. The molecule has 0 radical (unpaired) electrons. The van der Waals surface area contributed by atoms with Crippen LogP contribution in [0.5, 0.6) is 0 Å². The molecule has 0 spiro atoms. The molecule has 1 amide bonds. The van der Waals surface area contributed by atoms with Gasteiger partial charge in [0, 0.05) is 11.8 Å². The zero-order valence-corrected chi connectivity index (χ0v) is 14.6. The van der Waals surface area contributed by atoms with Crippen molar-refractivity contribution in [1.29, 1.82) is 0 Å². The SMILES string of the molecule is Cc1ccnc(NC(=O)c2ccc(-n3cnc4ccccc4c3=O)cc2)c1. The van der Waals surface area contributed by atoms with Gasteiger partial charge in [-0.2, -0.15) is 0 Å². The van der Waals surface area contributed by atoms with Crippen LogP contribution in [-0.4, -0.2) is 20.4 Å². The maximum absolute atomic E-state index is 12.7. The number of hydrogen-bond acceptors (Lipinski definition) is 4. The van der Waals surface area contributed by atoms with Crippen LogP contribution >= 0.6 is 0 Å². The highest BCUT2D eigenvalue weighted by atomic mass is 16.1. The van der Waals surface area contributed by atoms with Gasteiger partial charge in [-0.1, -0.05) is 12.1 Å². The van der Waals surface area contributed by atoms with Crippen molar-refractivity contribution < 1.29 is 4.79 Å². The highest BCUT2D eigenvalue weighted by molar-refractivity contribution is 6.03. The van der Waals surface area contributed by atoms with Gasteiger partial charge >= 0.3 is 0 Å². The lowest BCUT2D eigenvalue weighted by Crippen LogP contribution is -2.19. The molecule has 0 saturated carbocycles. The molecular weight excluding hydrogens is 340 g/mol. The quantitative estimate of drug-likeness (QED) is 0.611. The molecule has 0 aliphatic rings. The number of anilines is 1. The lowest BCUT2D eigenvalue weighted by molar-refractivity contribution is 0.102. The summed E-state index contributed by atoms with van der Waals surface area (Å²) >= 11 is 0. The van der Waals surface area contributed by atoms with Gasteiger partial charge in [0.05, 0.1) is 16.6 Å². The van der Waals surface area contributed by atoms with Crippen LogP contribution in [0.4, 0.5) is 5.82 Å². The number of aryl methyl sites for hydroxylation is 1. The van der Waals surface area contributed by atoms with Gasteiger partial charge in [0.2, 0.25) is 0 Å². The van der Waals surface area contributed by atoms with Gasteiger partial charge in [-0.25, -0.2) is 9.97 Å². The molecule has 1 N–H and O–H groups in total. The number of nitrogens with zero attached hydrogens (tertiary/aromatic N) is 3. The molecule has 2 heterocycles. The van der Waals surface area contributed by atoms with Crippen LogP contribution in [0.3, 0.4) is 0 Å². The highest BCUT2D eigenvalue weighted by Crippen LogP contribution is 2.13. The Morgan fingerprint density at radius 3 is 2.56 bits per heavy atom. The Labute approximate surface area is 155 Å². The van der Waals surface area contributed by atoms with Crippen molar-refractivity contribution in [2.24, 2.45) is 0 Å². The first-order valence-electron chi connectivity index (χ1n) is 8.43. The number of rotatable bonds is 3. The minimum atomic E-state index is -0.261. The van der Waals surface area contributed by atoms with E-state index >= 15 is 0 Å². The predicted molar refractivity (Wildman–Crippen MR) is 104 cm³/mol. The average Bonchev–Trinajstić information content (AvgIpc) is 2.69. The molecule has 2 aromatic carbocycles. The van der Waals surface area contributed by atoms with E-state index in [4.69, 9.17) is 0 Å². The molecule has 27 heavy (non-hydrogen) atoms. The fraction of sp³-hybridized carbons (Fsp3) is 0.0476. The second-order valence-electron chi connectivity index (χ2n) is 6.16. The highest BCUT2D eigenvalue weighted by Gasteiger charge is 2.09. The second-order valence-corrected chi connectivity index (χ2v) is 6.16. The number of carbonyl (C=O) groups is 1.